The molecule has 2 aromatic rings. The largest absolute Gasteiger partial charge is 0.456 e. The molecule has 3 aliphatic heterocycles. The number of amidine groups is 1. The highest BCUT2D eigenvalue weighted by Gasteiger charge is 2.45. The lowest BCUT2D eigenvalue weighted by atomic mass is 9.92. The van der Waals surface area contributed by atoms with Gasteiger partial charge in [0.15, 0.2) is 5.84 Å². The smallest absolute Gasteiger partial charge is 0.420 e. The second-order valence-corrected chi connectivity index (χ2v) is 12.4. The van der Waals surface area contributed by atoms with Gasteiger partial charge in [-0.25, -0.2) is 4.99 Å². The number of para-hydroxylation sites is 1. The highest BCUT2D eigenvalue weighted by atomic mass is 32.2. The number of alkyl halides is 3. The van der Waals surface area contributed by atoms with Gasteiger partial charge < -0.3 is 4.74 Å². The average Bonchev–Trinajstić information content (AvgIpc) is 3.66. The minimum Gasteiger partial charge on any atom is -0.456 e. The molecule has 7 nitrogen and oxygen atoms in total. The normalized spacial score (nSPS) is 20.0. The molecule has 3 aliphatic rings. The molecular weight excluding hydrogens is 553 g/mol. The zero-order chi connectivity index (χ0) is 29.4. The van der Waals surface area contributed by atoms with Crippen molar-refractivity contribution in [3.8, 4) is 11.5 Å². The molecule has 2 saturated heterocycles. The number of nitrogens with zero attached hydrogens (tertiary/aromatic N) is 4. The minimum atomic E-state index is -4.68. The van der Waals surface area contributed by atoms with E-state index < -0.39 is 17.2 Å². The van der Waals surface area contributed by atoms with Crippen molar-refractivity contribution in [1.82, 2.24) is 9.80 Å². The highest BCUT2D eigenvalue weighted by molar-refractivity contribution is 7.99. The van der Waals surface area contributed by atoms with E-state index in [9.17, 15) is 22.8 Å². The molecule has 2 fully saturated rings. The first kappa shape index (κ1) is 29.3. The number of imide groups is 1. The summed E-state index contributed by atoms with van der Waals surface area (Å²) in [5.74, 6) is 0.412. The van der Waals surface area contributed by atoms with Crippen LogP contribution in [-0.2, 0) is 15.8 Å². The summed E-state index contributed by atoms with van der Waals surface area (Å²) >= 11 is 1.57. The Balaban J connectivity index is 1.33. The van der Waals surface area contributed by atoms with Gasteiger partial charge in [-0.2, -0.15) is 13.2 Å². The van der Waals surface area contributed by atoms with Crippen molar-refractivity contribution in [3.05, 3.63) is 53.6 Å². The summed E-state index contributed by atoms with van der Waals surface area (Å²) in [4.78, 5) is 37.9. The number of thioether (sulfide) groups is 1. The van der Waals surface area contributed by atoms with Crippen LogP contribution in [0.25, 0.3) is 0 Å². The van der Waals surface area contributed by atoms with E-state index in [0.717, 1.165) is 34.7 Å². The van der Waals surface area contributed by atoms with E-state index in [1.165, 1.54) is 25.0 Å². The van der Waals surface area contributed by atoms with E-state index in [0.29, 0.717) is 17.5 Å². The predicted octanol–water partition coefficient (Wildman–Crippen LogP) is 6.06. The van der Waals surface area contributed by atoms with Gasteiger partial charge in [0, 0.05) is 23.8 Å². The van der Waals surface area contributed by atoms with Gasteiger partial charge in [0.1, 0.15) is 11.5 Å². The van der Waals surface area contributed by atoms with Crippen LogP contribution in [0.3, 0.4) is 0 Å². The third kappa shape index (κ3) is 6.51. The first-order valence-electron chi connectivity index (χ1n) is 13.7. The fourth-order valence-electron chi connectivity index (χ4n) is 5.25. The summed E-state index contributed by atoms with van der Waals surface area (Å²) in [6.45, 7) is 7.82. The summed E-state index contributed by atoms with van der Waals surface area (Å²) in [5, 5.41) is 0. The molecule has 41 heavy (non-hydrogen) atoms. The van der Waals surface area contributed by atoms with E-state index in [1.54, 1.807) is 37.7 Å². The number of hydrogen-bond donors (Lipinski definition) is 0. The number of hydrogen-bond acceptors (Lipinski definition) is 7. The molecule has 0 aromatic heterocycles. The topological polar surface area (TPSA) is 74.6 Å². The highest BCUT2D eigenvalue weighted by Crippen LogP contribution is 2.41. The number of ether oxygens (including phenoxy) is 1. The van der Waals surface area contributed by atoms with Crippen LogP contribution in [0.1, 0.15) is 51.2 Å². The van der Waals surface area contributed by atoms with Crippen LogP contribution in [0.5, 0.6) is 11.5 Å². The van der Waals surface area contributed by atoms with Gasteiger partial charge in [-0.15, -0.1) is 11.8 Å². The first-order chi connectivity index (χ1) is 19.4. The number of aliphatic imine (C=N–C) groups is 2. The minimum absolute atomic E-state index is 0.0216. The summed E-state index contributed by atoms with van der Waals surface area (Å²) < 4.78 is 48.5. The van der Waals surface area contributed by atoms with Crippen LogP contribution in [0.2, 0.25) is 0 Å². The van der Waals surface area contributed by atoms with Crippen molar-refractivity contribution < 1.29 is 27.5 Å². The maximum atomic E-state index is 14.2. The van der Waals surface area contributed by atoms with Gasteiger partial charge in [0.05, 0.1) is 34.7 Å². The Kier molecular flexibility index (Phi) is 8.29. The van der Waals surface area contributed by atoms with Crippen LogP contribution >= 0.6 is 11.8 Å². The monoisotopic (exact) mass is 586 g/mol. The third-order valence-corrected chi connectivity index (χ3v) is 8.89. The number of benzene rings is 2. The molecule has 0 aliphatic carbocycles. The maximum absolute atomic E-state index is 14.2. The molecule has 2 amide bonds. The standard InChI is InChI=1S/C30H33F3N4O3S/c1-19(36-12-6-7-13-36)18-41-25-9-5-4-8-24(25)40-23-11-10-20(14-22(23)30(31,32)33)27-34-16-21(35-27)17-37-26(38)15-29(2,3)28(37)39/h4-5,8-11,14,19H,6-7,12-13,15-18H2,1-3H3. The van der Waals surface area contributed by atoms with Gasteiger partial charge in [0.25, 0.3) is 0 Å². The SMILES string of the molecule is CC(CSc1ccccc1Oc1ccc(C2=NCC(CN3C(=O)CC(C)(C)C3=O)=N2)cc1C(F)(F)F)N1CCCC1. The molecule has 3 heterocycles. The van der Waals surface area contributed by atoms with E-state index in [-0.39, 0.29) is 48.5 Å². The lowest BCUT2D eigenvalue weighted by molar-refractivity contribution is -0.140. The summed E-state index contributed by atoms with van der Waals surface area (Å²) in [6, 6.07) is 11.3. The molecule has 0 radical (unpaired) electrons. The van der Waals surface area contributed by atoms with Crippen LogP contribution in [0.4, 0.5) is 13.2 Å². The fourth-order valence-corrected chi connectivity index (χ4v) is 6.31. The maximum Gasteiger partial charge on any atom is 0.420 e. The molecule has 0 N–H and O–H groups in total. The number of rotatable bonds is 9. The Hall–Kier alpha value is -3.18. The summed E-state index contributed by atoms with van der Waals surface area (Å²) in [6.07, 6.45) is -2.17. The van der Waals surface area contributed by atoms with Crippen molar-refractivity contribution in [3.63, 3.8) is 0 Å². The number of likely N-dealkylation sites (tertiary alicyclic amines) is 2. The van der Waals surface area contributed by atoms with E-state index in [4.69, 9.17) is 4.74 Å². The first-order valence-corrected chi connectivity index (χ1v) is 14.7. The number of halogens is 3. The Morgan fingerprint density at radius 2 is 1.80 bits per heavy atom. The Morgan fingerprint density at radius 3 is 2.49 bits per heavy atom. The molecule has 218 valence electrons. The zero-order valence-electron chi connectivity index (χ0n) is 23.3. The second kappa shape index (κ2) is 11.6. The molecule has 0 bridgehead atoms. The van der Waals surface area contributed by atoms with Crippen molar-refractivity contribution in [2.45, 2.75) is 57.1 Å². The zero-order valence-corrected chi connectivity index (χ0v) is 24.1. The van der Waals surface area contributed by atoms with Gasteiger partial charge in [-0.05, 0) is 63.2 Å². The quantitative estimate of drug-likeness (QED) is 0.264. The summed E-state index contributed by atoms with van der Waals surface area (Å²) in [7, 11) is 0. The van der Waals surface area contributed by atoms with Gasteiger partial charge in [-0.3, -0.25) is 24.4 Å². The van der Waals surface area contributed by atoms with Crippen LogP contribution in [-0.4, -0.2) is 71.1 Å². The molecule has 0 saturated carbocycles. The molecular formula is C30H33F3N4O3S. The van der Waals surface area contributed by atoms with Crippen LogP contribution in [0, 0.1) is 5.41 Å². The van der Waals surface area contributed by atoms with Crippen molar-refractivity contribution in [2.24, 2.45) is 15.4 Å². The second-order valence-electron chi connectivity index (χ2n) is 11.3. The Morgan fingerprint density at radius 1 is 1.07 bits per heavy atom. The molecule has 1 atom stereocenters. The Labute approximate surface area is 241 Å². The lowest BCUT2D eigenvalue weighted by Crippen LogP contribution is -2.37. The molecule has 5 rings (SSSR count). The van der Waals surface area contributed by atoms with E-state index in [1.807, 2.05) is 12.1 Å². The van der Waals surface area contributed by atoms with Gasteiger partial charge >= 0.3 is 6.18 Å². The number of carbonyl (C=O) groups excluding carboxylic acids is 2. The van der Waals surface area contributed by atoms with E-state index in [2.05, 4.69) is 21.8 Å². The molecule has 0 spiro atoms. The summed E-state index contributed by atoms with van der Waals surface area (Å²) in [5.41, 5.74) is -1.08. The number of carbonyl (C=O) groups is 2. The van der Waals surface area contributed by atoms with Crippen LogP contribution in [0.15, 0.2) is 57.3 Å². The average molecular weight is 587 g/mol. The van der Waals surface area contributed by atoms with Crippen LogP contribution < -0.4 is 4.74 Å². The lowest BCUT2D eigenvalue weighted by Gasteiger charge is -2.23. The fraction of sp³-hybridized carbons (Fsp3) is 0.467. The molecule has 11 heteroatoms. The predicted molar refractivity (Wildman–Crippen MR) is 153 cm³/mol. The van der Waals surface area contributed by atoms with Gasteiger partial charge in [-0.1, -0.05) is 26.0 Å². The van der Waals surface area contributed by atoms with E-state index >= 15 is 0 Å². The Bertz CT molecular complexity index is 1400. The molecule has 2 aromatic carbocycles. The molecule has 1 unspecified atom stereocenters. The third-order valence-electron chi connectivity index (χ3n) is 7.59. The number of amides is 2. The van der Waals surface area contributed by atoms with Gasteiger partial charge in [0.2, 0.25) is 11.8 Å². The van der Waals surface area contributed by atoms with Crippen molar-refractivity contribution in [2.75, 3.05) is 31.9 Å². The van der Waals surface area contributed by atoms with Crippen molar-refractivity contribution in [1.29, 1.82) is 0 Å². The van der Waals surface area contributed by atoms with Crippen molar-refractivity contribution >= 4 is 35.1 Å².